The van der Waals surface area contributed by atoms with E-state index >= 15 is 0 Å². The average Bonchev–Trinajstić information content (AvgIpc) is 3.19. The minimum atomic E-state index is -0.725. The van der Waals surface area contributed by atoms with Crippen LogP contribution in [0.2, 0.25) is 0 Å². The summed E-state index contributed by atoms with van der Waals surface area (Å²) in [6.45, 7) is 1.35. The van der Waals surface area contributed by atoms with Gasteiger partial charge in [-0.2, -0.15) is 0 Å². The lowest BCUT2D eigenvalue weighted by Crippen LogP contribution is -2.33. The molecule has 8 nitrogen and oxygen atoms in total. The van der Waals surface area contributed by atoms with Crippen LogP contribution in [0.3, 0.4) is 0 Å². The highest BCUT2D eigenvalue weighted by molar-refractivity contribution is 6.12. The van der Waals surface area contributed by atoms with E-state index in [-0.39, 0.29) is 11.7 Å². The molecule has 0 aliphatic carbocycles. The Kier molecular flexibility index (Phi) is 11.5. The van der Waals surface area contributed by atoms with Gasteiger partial charge in [-0.05, 0) is 53.9 Å². The zero-order valence-electron chi connectivity index (χ0n) is 28.4. The van der Waals surface area contributed by atoms with Gasteiger partial charge in [0.1, 0.15) is 17.5 Å². The second kappa shape index (κ2) is 16.9. The van der Waals surface area contributed by atoms with Crippen molar-refractivity contribution in [3.05, 3.63) is 174 Å². The molecule has 0 radical (unpaired) electrons. The average molecular weight is 678 g/mol. The highest BCUT2D eigenvalue weighted by Gasteiger charge is 2.23. The van der Waals surface area contributed by atoms with Crippen LogP contribution in [0, 0.1) is 0 Å². The van der Waals surface area contributed by atoms with Gasteiger partial charge in [-0.3, -0.25) is 9.59 Å². The third-order valence-electron chi connectivity index (χ3n) is 8.55. The van der Waals surface area contributed by atoms with Crippen molar-refractivity contribution in [2.75, 3.05) is 25.6 Å². The number of ketones is 1. The van der Waals surface area contributed by atoms with Gasteiger partial charge in [0.2, 0.25) is 0 Å². The van der Waals surface area contributed by atoms with E-state index in [2.05, 4.69) is 10.3 Å². The molecule has 0 fully saturated rings. The number of rotatable bonds is 15. The van der Waals surface area contributed by atoms with Crippen molar-refractivity contribution in [1.82, 2.24) is 9.88 Å². The van der Waals surface area contributed by atoms with Crippen LogP contribution < -0.4 is 10.1 Å². The molecule has 1 aromatic heterocycles. The lowest BCUT2D eigenvalue weighted by Gasteiger charge is -2.23. The van der Waals surface area contributed by atoms with Crippen molar-refractivity contribution in [2.45, 2.75) is 25.4 Å². The summed E-state index contributed by atoms with van der Waals surface area (Å²) in [5, 5.41) is 4.23. The van der Waals surface area contributed by atoms with E-state index in [0.29, 0.717) is 60.8 Å². The molecular formula is C43H39N3O5. The van der Waals surface area contributed by atoms with E-state index < -0.39 is 12.0 Å². The lowest BCUT2D eigenvalue weighted by molar-refractivity contribution is -0.141. The van der Waals surface area contributed by atoms with Crippen LogP contribution in [0.25, 0.3) is 10.9 Å². The molecule has 256 valence electrons. The molecule has 0 aliphatic heterocycles. The maximum Gasteiger partial charge on any atom is 0.328 e. The number of hydrogen-bond donors (Lipinski definition) is 1. The number of benzene rings is 5. The number of para-hydroxylation sites is 2. The van der Waals surface area contributed by atoms with Crippen LogP contribution in [0.4, 0.5) is 5.69 Å². The molecule has 51 heavy (non-hydrogen) atoms. The first kappa shape index (κ1) is 34.6. The number of nitrogens with one attached hydrogen (secondary N) is 1. The molecule has 1 N–H and O–H groups in total. The van der Waals surface area contributed by atoms with Crippen LogP contribution >= 0.6 is 0 Å². The Balaban J connectivity index is 1.07. The summed E-state index contributed by atoms with van der Waals surface area (Å²) in [4.78, 5) is 46.2. The van der Waals surface area contributed by atoms with Crippen molar-refractivity contribution in [3.8, 4) is 5.75 Å². The summed E-state index contributed by atoms with van der Waals surface area (Å²) in [5.41, 5.74) is 4.71. The van der Waals surface area contributed by atoms with Crippen molar-refractivity contribution in [2.24, 2.45) is 0 Å². The highest BCUT2D eigenvalue weighted by Crippen LogP contribution is 2.23. The molecule has 1 unspecified atom stereocenters. The summed E-state index contributed by atoms with van der Waals surface area (Å²) in [5.74, 6) is -0.0282. The summed E-state index contributed by atoms with van der Waals surface area (Å²) in [6.07, 6.45) is 0.948. The molecule has 5 aromatic carbocycles. The number of amides is 1. The Morgan fingerprint density at radius 2 is 1.41 bits per heavy atom. The van der Waals surface area contributed by atoms with Crippen molar-refractivity contribution in [1.29, 1.82) is 0 Å². The Morgan fingerprint density at radius 3 is 2.18 bits per heavy atom. The molecule has 0 spiro atoms. The maximum atomic E-state index is 13.7. The largest absolute Gasteiger partial charge is 0.494 e. The van der Waals surface area contributed by atoms with Crippen LogP contribution in [-0.2, 0) is 22.5 Å². The maximum absolute atomic E-state index is 13.7. The number of nitrogens with zero attached hydrogens (tertiary/aromatic N) is 2. The Bertz CT molecular complexity index is 2080. The van der Waals surface area contributed by atoms with Gasteiger partial charge in [0, 0.05) is 41.7 Å². The number of anilines is 1. The zero-order chi connectivity index (χ0) is 35.4. The van der Waals surface area contributed by atoms with E-state index in [1.54, 1.807) is 36.4 Å². The predicted molar refractivity (Wildman–Crippen MR) is 199 cm³/mol. The van der Waals surface area contributed by atoms with Gasteiger partial charge < -0.3 is 19.7 Å². The highest BCUT2D eigenvalue weighted by atomic mass is 16.5. The van der Waals surface area contributed by atoms with Crippen molar-refractivity contribution >= 4 is 34.3 Å². The standard InChI is InChI=1S/C43H39N3O5/c1-50-43(49)40(45-38-20-11-9-18-36(38)41(47)34-16-6-3-7-17-34)29-31-21-24-35(25-22-31)51-28-12-27-46(30-32-13-4-2-5-14-32)42(48)39-26-23-33-15-8-10-19-37(33)44-39/h2-11,13-26,40,45H,12,27-30H2,1H3. The van der Waals surface area contributed by atoms with Gasteiger partial charge >= 0.3 is 5.97 Å². The van der Waals surface area contributed by atoms with Gasteiger partial charge in [0.15, 0.2) is 5.78 Å². The van der Waals surface area contributed by atoms with E-state index in [9.17, 15) is 14.4 Å². The fourth-order valence-corrected chi connectivity index (χ4v) is 5.88. The van der Waals surface area contributed by atoms with E-state index in [1.807, 2.05) is 114 Å². The lowest BCUT2D eigenvalue weighted by atomic mass is 10.00. The predicted octanol–water partition coefficient (Wildman–Crippen LogP) is 7.77. The quantitative estimate of drug-likeness (QED) is 0.0674. The third-order valence-corrected chi connectivity index (χ3v) is 8.55. The minimum Gasteiger partial charge on any atom is -0.494 e. The molecule has 0 aliphatic rings. The molecular weight excluding hydrogens is 638 g/mol. The van der Waals surface area contributed by atoms with Gasteiger partial charge in [0.05, 0.1) is 19.2 Å². The fraction of sp³-hybridized carbons (Fsp3) is 0.163. The monoisotopic (exact) mass is 677 g/mol. The second-order valence-corrected chi connectivity index (χ2v) is 12.1. The molecule has 1 amide bonds. The first-order valence-corrected chi connectivity index (χ1v) is 16.9. The molecule has 6 rings (SSSR count). The number of methoxy groups -OCH3 is 1. The number of pyridine rings is 1. The number of aromatic nitrogens is 1. The van der Waals surface area contributed by atoms with E-state index in [4.69, 9.17) is 9.47 Å². The SMILES string of the molecule is COC(=O)C(Cc1ccc(OCCCN(Cc2ccccc2)C(=O)c2ccc3ccccc3n2)cc1)Nc1ccccc1C(=O)c1ccccc1. The minimum absolute atomic E-state index is 0.130. The van der Waals surface area contributed by atoms with Crippen LogP contribution in [0.15, 0.2) is 146 Å². The van der Waals surface area contributed by atoms with Crippen molar-refractivity contribution < 1.29 is 23.9 Å². The zero-order valence-corrected chi connectivity index (χ0v) is 28.4. The molecule has 0 saturated carbocycles. The second-order valence-electron chi connectivity index (χ2n) is 12.1. The first-order chi connectivity index (χ1) is 25.0. The van der Waals surface area contributed by atoms with Crippen LogP contribution in [0.1, 0.15) is 44.0 Å². The van der Waals surface area contributed by atoms with Gasteiger partial charge in [-0.25, -0.2) is 9.78 Å². The van der Waals surface area contributed by atoms with Gasteiger partial charge in [-0.1, -0.05) is 109 Å². The smallest absolute Gasteiger partial charge is 0.328 e. The topological polar surface area (TPSA) is 97.8 Å². The number of fused-ring (bicyclic) bond motifs is 1. The number of carbonyl (C=O) groups excluding carboxylic acids is 3. The molecule has 8 heteroatoms. The van der Waals surface area contributed by atoms with Crippen LogP contribution in [0.5, 0.6) is 5.75 Å². The van der Waals surface area contributed by atoms with Gasteiger partial charge in [-0.15, -0.1) is 0 Å². The molecule has 0 bridgehead atoms. The summed E-state index contributed by atoms with van der Waals surface area (Å²) >= 11 is 0. The number of esters is 1. The van der Waals surface area contributed by atoms with E-state index in [0.717, 1.165) is 22.0 Å². The molecule has 1 heterocycles. The summed E-state index contributed by atoms with van der Waals surface area (Å²) in [7, 11) is 1.35. The summed E-state index contributed by atoms with van der Waals surface area (Å²) in [6, 6.07) is 44.4. The van der Waals surface area contributed by atoms with Gasteiger partial charge in [0.25, 0.3) is 5.91 Å². The molecule has 6 aromatic rings. The van der Waals surface area contributed by atoms with Crippen molar-refractivity contribution in [3.63, 3.8) is 0 Å². The normalized spacial score (nSPS) is 11.4. The fourth-order valence-electron chi connectivity index (χ4n) is 5.88. The number of carbonyl (C=O) groups is 3. The van der Waals surface area contributed by atoms with Crippen LogP contribution in [-0.4, -0.2) is 53.8 Å². The first-order valence-electron chi connectivity index (χ1n) is 16.9. The summed E-state index contributed by atoms with van der Waals surface area (Å²) < 4.78 is 11.2. The number of hydrogen-bond acceptors (Lipinski definition) is 7. The van der Waals surface area contributed by atoms with E-state index in [1.165, 1.54) is 7.11 Å². The molecule has 0 saturated heterocycles. The number of ether oxygens (including phenoxy) is 2. The Morgan fingerprint density at radius 1 is 0.725 bits per heavy atom. The Hall–Kier alpha value is -6.28. The Labute approximate surface area is 297 Å². The third kappa shape index (κ3) is 9.05. The molecule has 1 atom stereocenters.